The SMILES string of the molecule is C=C(C)C(=O)c1cc(C(F)(F)F)ccc1C(F)(F)F. The molecule has 1 nitrogen and oxygen atoms in total. The van der Waals surface area contributed by atoms with Gasteiger partial charge in [0.05, 0.1) is 11.1 Å². The summed E-state index contributed by atoms with van der Waals surface area (Å²) in [7, 11) is 0. The number of rotatable bonds is 2. The maximum Gasteiger partial charge on any atom is 0.417 e. The highest BCUT2D eigenvalue weighted by atomic mass is 19.4. The van der Waals surface area contributed by atoms with Crippen LogP contribution in [0.5, 0.6) is 0 Å². The lowest BCUT2D eigenvalue weighted by Gasteiger charge is -2.15. The lowest BCUT2D eigenvalue weighted by Crippen LogP contribution is -2.16. The van der Waals surface area contributed by atoms with Gasteiger partial charge >= 0.3 is 12.4 Å². The number of hydrogen-bond acceptors (Lipinski definition) is 1. The summed E-state index contributed by atoms with van der Waals surface area (Å²) < 4.78 is 75.2. The Kier molecular flexibility index (Phi) is 3.79. The lowest BCUT2D eigenvalue weighted by molar-refractivity contribution is -0.141. The van der Waals surface area contributed by atoms with E-state index < -0.39 is 34.8 Å². The summed E-state index contributed by atoms with van der Waals surface area (Å²) in [5, 5.41) is 0. The van der Waals surface area contributed by atoms with Gasteiger partial charge in [-0.15, -0.1) is 0 Å². The van der Waals surface area contributed by atoms with Crippen LogP contribution in [0.4, 0.5) is 26.3 Å². The first-order chi connectivity index (χ1) is 8.44. The van der Waals surface area contributed by atoms with E-state index in [9.17, 15) is 31.1 Å². The van der Waals surface area contributed by atoms with Crippen LogP contribution < -0.4 is 0 Å². The first-order valence-electron chi connectivity index (χ1n) is 4.93. The fraction of sp³-hybridized carbons (Fsp3) is 0.250. The van der Waals surface area contributed by atoms with Gasteiger partial charge in [0.2, 0.25) is 0 Å². The first kappa shape index (κ1) is 15.3. The van der Waals surface area contributed by atoms with E-state index in [1.54, 1.807) is 0 Å². The molecule has 104 valence electrons. The van der Waals surface area contributed by atoms with Gasteiger partial charge in [-0.3, -0.25) is 4.79 Å². The Morgan fingerprint density at radius 1 is 1.05 bits per heavy atom. The fourth-order valence-electron chi connectivity index (χ4n) is 1.39. The Bertz CT molecular complexity index is 524. The van der Waals surface area contributed by atoms with Gasteiger partial charge in [0.25, 0.3) is 0 Å². The molecule has 1 rings (SSSR count). The Balaban J connectivity index is 3.53. The summed E-state index contributed by atoms with van der Waals surface area (Å²) in [4.78, 5) is 11.5. The third kappa shape index (κ3) is 3.36. The molecular weight excluding hydrogens is 274 g/mol. The molecule has 0 saturated carbocycles. The van der Waals surface area contributed by atoms with E-state index in [0.717, 1.165) is 6.92 Å². The molecule has 0 atom stereocenters. The zero-order chi connectivity index (χ0) is 15.0. The second-order valence-electron chi connectivity index (χ2n) is 3.87. The normalized spacial score (nSPS) is 12.4. The van der Waals surface area contributed by atoms with Crippen molar-refractivity contribution < 1.29 is 31.1 Å². The van der Waals surface area contributed by atoms with Gasteiger partial charge in [0.15, 0.2) is 5.78 Å². The topological polar surface area (TPSA) is 17.1 Å². The molecule has 0 heterocycles. The van der Waals surface area contributed by atoms with Crippen molar-refractivity contribution in [3.05, 3.63) is 47.0 Å². The molecule has 0 aromatic heterocycles. The standard InChI is InChI=1S/C12H8F6O/c1-6(2)10(19)8-5-7(11(13,14)15)3-4-9(8)12(16,17)18/h3-5H,1H2,2H3. The summed E-state index contributed by atoms with van der Waals surface area (Å²) in [6.07, 6.45) is -9.74. The molecule has 0 bridgehead atoms. The van der Waals surface area contributed by atoms with Gasteiger partial charge in [-0.1, -0.05) is 6.58 Å². The minimum Gasteiger partial charge on any atom is -0.289 e. The van der Waals surface area contributed by atoms with Crippen LogP contribution in [-0.4, -0.2) is 5.78 Å². The minimum absolute atomic E-state index is 0.194. The van der Waals surface area contributed by atoms with Crippen molar-refractivity contribution in [1.29, 1.82) is 0 Å². The van der Waals surface area contributed by atoms with Gasteiger partial charge in [-0.25, -0.2) is 0 Å². The number of carbonyl (C=O) groups excluding carboxylic acids is 1. The Morgan fingerprint density at radius 3 is 1.95 bits per heavy atom. The molecule has 0 unspecified atom stereocenters. The summed E-state index contributed by atoms with van der Waals surface area (Å²) in [6.45, 7) is 4.28. The van der Waals surface area contributed by atoms with E-state index in [0.29, 0.717) is 0 Å². The second-order valence-corrected chi connectivity index (χ2v) is 3.87. The van der Waals surface area contributed by atoms with Crippen LogP contribution in [0.1, 0.15) is 28.4 Å². The molecule has 0 aliphatic carbocycles. The van der Waals surface area contributed by atoms with Crippen molar-refractivity contribution in [3.63, 3.8) is 0 Å². The molecular formula is C12H8F6O. The fourth-order valence-corrected chi connectivity index (χ4v) is 1.39. The van der Waals surface area contributed by atoms with Crippen LogP contribution in [0.25, 0.3) is 0 Å². The third-order valence-corrected chi connectivity index (χ3v) is 2.28. The molecule has 0 amide bonds. The van der Waals surface area contributed by atoms with Crippen molar-refractivity contribution in [1.82, 2.24) is 0 Å². The number of ketones is 1. The highest BCUT2D eigenvalue weighted by Gasteiger charge is 2.38. The van der Waals surface area contributed by atoms with E-state index in [-0.39, 0.29) is 23.8 Å². The summed E-state index contributed by atoms with van der Waals surface area (Å²) >= 11 is 0. The monoisotopic (exact) mass is 282 g/mol. The van der Waals surface area contributed by atoms with E-state index in [4.69, 9.17) is 0 Å². The molecule has 0 aliphatic rings. The molecule has 0 saturated heterocycles. The zero-order valence-corrected chi connectivity index (χ0v) is 9.62. The van der Waals surface area contributed by atoms with Crippen molar-refractivity contribution >= 4 is 5.78 Å². The summed E-state index contributed by atoms with van der Waals surface area (Å²) in [5.41, 5.74) is -4.04. The minimum atomic E-state index is -4.91. The lowest BCUT2D eigenvalue weighted by atomic mass is 9.97. The maximum absolute atomic E-state index is 12.6. The van der Waals surface area contributed by atoms with E-state index in [1.807, 2.05) is 0 Å². The summed E-state index contributed by atoms with van der Waals surface area (Å²) in [5.74, 6) is -1.17. The van der Waals surface area contributed by atoms with E-state index >= 15 is 0 Å². The first-order valence-corrected chi connectivity index (χ1v) is 4.93. The number of Topliss-reactive ketones (excluding diaryl/α,β-unsaturated/α-hetero) is 1. The van der Waals surface area contributed by atoms with Crippen molar-refractivity contribution in [2.45, 2.75) is 19.3 Å². The highest BCUT2D eigenvalue weighted by molar-refractivity contribution is 6.09. The Morgan fingerprint density at radius 2 is 1.58 bits per heavy atom. The molecule has 19 heavy (non-hydrogen) atoms. The van der Waals surface area contributed by atoms with Gasteiger partial charge in [-0.05, 0) is 30.7 Å². The maximum atomic E-state index is 12.6. The third-order valence-electron chi connectivity index (χ3n) is 2.28. The molecule has 1 aromatic carbocycles. The number of benzene rings is 1. The van der Waals surface area contributed by atoms with Crippen LogP contribution in [0.2, 0.25) is 0 Å². The Labute approximate surface area is 104 Å². The second kappa shape index (κ2) is 4.71. The smallest absolute Gasteiger partial charge is 0.289 e. The predicted molar refractivity (Wildman–Crippen MR) is 55.6 cm³/mol. The number of hydrogen-bond donors (Lipinski definition) is 0. The number of carbonyl (C=O) groups is 1. The van der Waals surface area contributed by atoms with E-state index in [1.165, 1.54) is 0 Å². The Hall–Kier alpha value is -1.79. The van der Waals surface area contributed by atoms with Crippen LogP contribution >= 0.6 is 0 Å². The molecule has 0 radical (unpaired) electrons. The van der Waals surface area contributed by atoms with Crippen LogP contribution in [0, 0.1) is 0 Å². The predicted octanol–water partition coefficient (Wildman–Crippen LogP) is 4.48. The highest BCUT2D eigenvalue weighted by Crippen LogP contribution is 2.37. The van der Waals surface area contributed by atoms with Gasteiger partial charge in [0, 0.05) is 5.56 Å². The molecule has 7 heteroatoms. The molecule has 0 fully saturated rings. The molecule has 0 N–H and O–H groups in total. The summed E-state index contributed by atoms with van der Waals surface area (Å²) in [6, 6.07) is 0.733. The van der Waals surface area contributed by atoms with Crippen molar-refractivity contribution in [2.24, 2.45) is 0 Å². The van der Waals surface area contributed by atoms with Crippen LogP contribution in [0.3, 0.4) is 0 Å². The number of allylic oxidation sites excluding steroid dienone is 1. The largest absolute Gasteiger partial charge is 0.417 e. The van der Waals surface area contributed by atoms with E-state index in [2.05, 4.69) is 6.58 Å². The van der Waals surface area contributed by atoms with Gasteiger partial charge in [0.1, 0.15) is 0 Å². The zero-order valence-electron chi connectivity index (χ0n) is 9.62. The van der Waals surface area contributed by atoms with Crippen molar-refractivity contribution in [3.8, 4) is 0 Å². The molecule has 0 spiro atoms. The van der Waals surface area contributed by atoms with Crippen LogP contribution in [-0.2, 0) is 12.4 Å². The number of halogens is 6. The molecule has 0 aliphatic heterocycles. The van der Waals surface area contributed by atoms with Crippen LogP contribution in [0.15, 0.2) is 30.4 Å². The average molecular weight is 282 g/mol. The quantitative estimate of drug-likeness (QED) is 0.444. The van der Waals surface area contributed by atoms with Gasteiger partial charge in [-0.2, -0.15) is 26.3 Å². The van der Waals surface area contributed by atoms with Crippen molar-refractivity contribution in [2.75, 3.05) is 0 Å². The molecule has 1 aromatic rings. The average Bonchev–Trinajstić information content (AvgIpc) is 2.24. The number of alkyl halides is 6. The van der Waals surface area contributed by atoms with Gasteiger partial charge < -0.3 is 0 Å².